The third-order valence-electron chi connectivity index (χ3n) is 14.2. The minimum atomic E-state index is -0.0332. The van der Waals surface area contributed by atoms with Crippen molar-refractivity contribution in [2.24, 2.45) is 29.6 Å². The fourth-order valence-corrected chi connectivity index (χ4v) is 11.1. The van der Waals surface area contributed by atoms with Crippen molar-refractivity contribution in [3.63, 3.8) is 0 Å². The van der Waals surface area contributed by atoms with Crippen molar-refractivity contribution in [3.05, 3.63) is 125 Å². The van der Waals surface area contributed by atoms with Crippen LogP contribution in [0.4, 0.5) is 28.4 Å². The van der Waals surface area contributed by atoms with Gasteiger partial charge in [-0.3, -0.25) is 0 Å². The fraction of sp³-hybridized carbons (Fsp3) is 0.519. The Kier molecular flexibility index (Phi) is 11.2. The zero-order chi connectivity index (χ0) is 41.2. The molecule has 4 fully saturated rings. The first-order valence-corrected chi connectivity index (χ1v) is 22.4. The highest BCUT2D eigenvalue weighted by Gasteiger charge is 2.52. The van der Waals surface area contributed by atoms with E-state index in [1.807, 2.05) is 0 Å². The quantitative estimate of drug-likeness (QED) is 0.148. The van der Waals surface area contributed by atoms with Crippen LogP contribution in [-0.4, -0.2) is 6.04 Å². The number of halogens is 1. The van der Waals surface area contributed by atoms with Crippen molar-refractivity contribution < 1.29 is 0 Å². The molecule has 0 aromatic heterocycles. The maximum absolute atomic E-state index is 8.16. The Morgan fingerprint density at radius 3 is 1.56 bits per heavy atom. The van der Waals surface area contributed by atoms with Crippen LogP contribution in [-0.2, 0) is 21.7 Å². The number of nitrogens with zero attached hydrogens (tertiary/aromatic N) is 2. The minimum absolute atomic E-state index is 0.0318. The number of hydrogen-bond donors (Lipinski definition) is 0. The van der Waals surface area contributed by atoms with Crippen LogP contribution in [0.15, 0.2) is 97.6 Å². The van der Waals surface area contributed by atoms with E-state index < -0.39 is 0 Å². The molecule has 3 heteroatoms. The molecule has 2 nitrogen and oxygen atoms in total. The second-order valence-electron chi connectivity index (χ2n) is 22.0. The highest BCUT2D eigenvalue weighted by molar-refractivity contribution is 6.36. The van der Waals surface area contributed by atoms with Gasteiger partial charge < -0.3 is 9.80 Å². The third kappa shape index (κ3) is 8.24. The van der Waals surface area contributed by atoms with Crippen LogP contribution in [0.2, 0.25) is 5.02 Å². The molecule has 0 N–H and O–H groups in total. The average molecular weight is 784 g/mol. The third-order valence-corrected chi connectivity index (χ3v) is 14.6. The van der Waals surface area contributed by atoms with Crippen LogP contribution in [0.1, 0.15) is 144 Å². The lowest BCUT2D eigenvalue weighted by Gasteiger charge is -2.57. The molecule has 4 aliphatic rings. The molecule has 4 aromatic carbocycles. The van der Waals surface area contributed by atoms with Gasteiger partial charge in [-0.25, -0.2) is 0 Å². The van der Waals surface area contributed by atoms with Gasteiger partial charge in [0, 0.05) is 17.1 Å². The molecule has 57 heavy (non-hydrogen) atoms. The molecule has 0 saturated heterocycles. The van der Waals surface area contributed by atoms with Gasteiger partial charge in [-0.05, 0) is 161 Å². The number of benzene rings is 4. The van der Waals surface area contributed by atoms with E-state index in [9.17, 15) is 0 Å². The van der Waals surface area contributed by atoms with Gasteiger partial charge in [0.2, 0.25) is 0 Å². The van der Waals surface area contributed by atoms with Gasteiger partial charge in [0.15, 0.2) is 0 Å². The molecule has 4 saturated carbocycles. The van der Waals surface area contributed by atoms with E-state index in [1.165, 1.54) is 60.8 Å². The summed E-state index contributed by atoms with van der Waals surface area (Å²) in [4.78, 5) is 5.03. The Morgan fingerprint density at radius 1 is 0.614 bits per heavy atom. The summed E-state index contributed by atoms with van der Waals surface area (Å²) in [6, 6.07) is 32.6. The molecule has 0 heterocycles. The maximum Gasteiger partial charge on any atom is 0.0883 e. The second kappa shape index (κ2) is 15.3. The van der Waals surface area contributed by atoms with Crippen molar-refractivity contribution in [2.45, 2.75) is 149 Å². The van der Waals surface area contributed by atoms with Crippen LogP contribution in [0.25, 0.3) is 0 Å². The highest BCUT2D eigenvalue weighted by atomic mass is 35.5. The normalized spacial score (nSPS) is 23.1. The highest BCUT2D eigenvalue weighted by Crippen LogP contribution is 2.62. The van der Waals surface area contributed by atoms with Crippen molar-refractivity contribution in [2.75, 3.05) is 9.80 Å². The fourth-order valence-electron chi connectivity index (χ4n) is 10.9. The van der Waals surface area contributed by atoms with Crippen LogP contribution in [0, 0.1) is 29.6 Å². The molecule has 0 aliphatic heterocycles. The van der Waals surface area contributed by atoms with E-state index in [2.05, 4.69) is 190 Å². The van der Waals surface area contributed by atoms with E-state index >= 15 is 0 Å². The zero-order valence-corrected chi connectivity index (χ0v) is 38.1. The molecule has 2 atom stereocenters. The van der Waals surface area contributed by atoms with Crippen LogP contribution in [0.3, 0.4) is 0 Å². The summed E-state index contributed by atoms with van der Waals surface area (Å²) in [5.41, 5.74) is 11.2. The first-order valence-electron chi connectivity index (χ1n) is 22.1. The topological polar surface area (TPSA) is 6.48 Å². The molecule has 0 spiro atoms. The Morgan fingerprint density at radius 2 is 1.11 bits per heavy atom. The summed E-state index contributed by atoms with van der Waals surface area (Å²) in [5, 5.41) is 0.786. The lowest BCUT2D eigenvalue weighted by molar-refractivity contribution is -0.00515. The van der Waals surface area contributed by atoms with Crippen molar-refractivity contribution >= 4 is 40.0 Å². The van der Waals surface area contributed by atoms with Gasteiger partial charge in [-0.1, -0.05) is 137 Å². The molecule has 4 aromatic rings. The number of para-hydroxylation sites is 1. The SMILES string of the molecule is C=CC([C@@H](C)C(C)C)N(c1ccc(C(C)(C)C)cc1)c1cc(C23CC4CC(CC(C4)C2)C3)cc(N(c2ccccc2)c2cc(C(C)(C)C)cc(C(C)(C)C)c2)c1Cl. The second-order valence-corrected chi connectivity index (χ2v) is 22.3. The van der Waals surface area contributed by atoms with E-state index in [1.54, 1.807) is 0 Å². The lowest BCUT2D eigenvalue weighted by atomic mass is 9.48. The minimum Gasteiger partial charge on any atom is -0.333 e. The summed E-state index contributed by atoms with van der Waals surface area (Å²) in [7, 11) is 0. The van der Waals surface area contributed by atoms with Crippen molar-refractivity contribution in [3.8, 4) is 0 Å². The van der Waals surface area contributed by atoms with Crippen LogP contribution >= 0.6 is 11.6 Å². The van der Waals surface area contributed by atoms with Crippen molar-refractivity contribution in [1.29, 1.82) is 0 Å². The summed E-state index contributed by atoms with van der Waals surface area (Å²) < 4.78 is 0. The number of anilines is 5. The molecule has 8 rings (SSSR count). The average Bonchev–Trinajstić information content (AvgIpc) is 3.13. The molecule has 304 valence electrons. The number of rotatable bonds is 10. The Bertz CT molecular complexity index is 1980. The Balaban J connectivity index is 1.55. The van der Waals surface area contributed by atoms with Crippen LogP contribution < -0.4 is 9.80 Å². The molecule has 4 bridgehead atoms. The van der Waals surface area contributed by atoms with E-state index in [0.29, 0.717) is 11.8 Å². The standard InChI is InChI=1S/C54H71ClN2/c1-14-47(36(4)35(2)3)57(45-22-20-40(21-23-45)51(5,6)7)49-31-43(54-32-37-24-38(33-54)26-39(25-37)34-54)30-48(50(49)55)56(44-18-16-15-17-19-44)46-28-41(52(8,9)10)27-42(29-46)53(11,12)13/h14-23,27-31,35-39,47H,1,24-26,32-34H2,2-13H3/t36-,37?,38?,39?,47?,54?/m0/s1. The summed E-state index contributed by atoms with van der Waals surface area (Å²) in [6.07, 6.45) is 10.3. The lowest BCUT2D eigenvalue weighted by Crippen LogP contribution is -2.48. The van der Waals surface area contributed by atoms with E-state index in [4.69, 9.17) is 11.6 Å². The van der Waals surface area contributed by atoms with Gasteiger partial charge in [0.25, 0.3) is 0 Å². The molecule has 1 unspecified atom stereocenters. The predicted molar refractivity (Wildman–Crippen MR) is 249 cm³/mol. The predicted octanol–water partition coefficient (Wildman–Crippen LogP) is 16.2. The molecular weight excluding hydrogens is 712 g/mol. The van der Waals surface area contributed by atoms with Gasteiger partial charge in [0.1, 0.15) is 0 Å². The molecule has 0 amide bonds. The largest absolute Gasteiger partial charge is 0.333 e. The zero-order valence-electron chi connectivity index (χ0n) is 37.3. The van der Waals surface area contributed by atoms with Gasteiger partial charge in [-0.15, -0.1) is 6.58 Å². The monoisotopic (exact) mass is 783 g/mol. The van der Waals surface area contributed by atoms with Gasteiger partial charge in [-0.2, -0.15) is 0 Å². The first kappa shape index (κ1) is 41.7. The summed E-state index contributed by atoms with van der Waals surface area (Å²) >= 11 is 8.16. The Labute approximate surface area is 352 Å². The van der Waals surface area contributed by atoms with Gasteiger partial charge in [0.05, 0.1) is 22.4 Å². The molecule has 0 radical (unpaired) electrons. The van der Waals surface area contributed by atoms with Crippen LogP contribution in [0.5, 0.6) is 0 Å². The van der Waals surface area contributed by atoms with E-state index in [-0.39, 0.29) is 27.7 Å². The number of hydrogen-bond acceptors (Lipinski definition) is 2. The molecular formula is C54H71ClN2. The van der Waals surface area contributed by atoms with Crippen molar-refractivity contribution in [1.82, 2.24) is 0 Å². The molecule has 4 aliphatic carbocycles. The maximum atomic E-state index is 8.16. The van der Waals surface area contributed by atoms with E-state index in [0.717, 1.165) is 51.2 Å². The Hall–Kier alpha value is -3.49. The summed E-state index contributed by atoms with van der Waals surface area (Å²) in [6.45, 7) is 32.5. The summed E-state index contributed by atoms with van der Waals surface area (Å²) in [5.74, 6) is 3.25. The first-order chi connectivity index (χ1) is 26.7. The van der Waals surface area contributed by atoms with Gasteiger partial charge >= 0.3 is 0 Å². The smallest absolute Gasteiger partial charge is 0.0883 e.